The lowest BCUT2D eigenvalue weighted by Crippen LogP contribution is -2.37. The summed E-state index contributed by atoms with van der Waals surface area (Å²) in [6.07, 6.45) is 2.24. The number of aromatic nitrogens is 1. The second-order valence-electron chi connectivity index (χ2n) is 4.45. The van der Waals surface area contributed by atoms with Gasteiger partial charge in [-0.3, -0.25) is 15.6 Å². The molecule has 2 aromatic rings. The van der Waals surface area contributed by atoms with Crippen molar-refractivity contribution in [3.8, 4) is 0 Å². The van der Waals surface area contributed by atoms with Crippen LogP contribution in [0.3, 0.4) is 0 Å². The van der Waals surface area contributed by atoms with Crippen LogP contribution in [-0.2, 0) is 18.3 Å². The number of carbonyl (C=O) groups excluding carboxylic acids is 1. The van der Waals surface area contributed by atoms with Gasteiger partial charge in [0.05, 0.1) is 12.1 Å². The number of rotatable bonds is 5. The molecule has 0 aliphatic carbocycles. The Bertz CT molecular complexity index is 616. The van der Waals surface area contributed by atoms with Crippen molar-refractivity contribution in [1.29, 1.82) is 0 Å². The van der Waals surface area contributed by atoms with E-state index in [0.717, 1.165) is 15.7 Å². The Morgan fingerprint density at radius 3 is 2.55 bits per heavy atom. The lowest BCUT2D eigenvalue weighted by Gasteiger charge is -2.11. The Hall–Kier alpha value is -2.01. The maximum Gasteiger partial charge on any atom is 0.244 e. The van der Waals surface area contributed by atoms with Gasteiger partial charge in [0.1, 0.15) is 0 Å². The van der Waals surface area contributed by atoms with E-state index in [1.807, 2.05) is 54.2 Å². The number of aryl methyl sites for hydroxylation is 1. The average Bonchev–Trinajstić information content (AvgIpc) is 2.82. The zero-order valence-electron chi connectivity index (χ0n) is 11.2. The second-order valence-corrected chi connectivity index (χ2v) is 5.36. The molecule has 0 fully saturated rings. The molecule has 1 aromatic heterocycles. The second kappa shape index (κ2) is 6.43. The van der Waals surface area contributed by atoms with Gasteiger partial charge in [0.2, 0.25) is 5.91 Å². The molecular weight excluding hydrogens is 318 g/mol. The molecule has 0 aliphatic rings. The molecule has 104 valence electrons. The van der Waals surface area contributed by atoms with Crippen LogP contribution in [0.15, 0.2) is 53.6 Å². The summed E-state index contributed by atoms with van der Waals surface area (Å²) in [7, 11) is 1.91. The number of hydrogen-bond donors (Lipinski definition) is 2. The molecule has 0 spiro atoms. The number of halogens is 1. The quantitative estimate of drug-likeness (QED) is 0.826. The highest BCUT2D eigenvalue weighted by molar-refractivity contribution is 9.10. The first kappa shape index (κ1) is 14.4. The molecule has 0 aliphatic heterocycles. The van der Waals surface area contributed by atoms with E-state index in [-0.39, 0.29) is 5.91 Å². The van der Waals surface area contributed by atoms with Gasteiger partial charge in [0, 0.05) is 23.4 Å². The smallest absolute Gasteiger partial charge is 0.244 e. The summed E-state index contributed by atoms with van der Waals surface area (Å²) >= 11 is 3.37. The third kappa shape index (κ3) is 3.74. The zero-order chi connectivity index (χ0) is 14.5. The maximum absolute atomic E-state index is 11.8. The van der Waals surface area contributed by atoms with Crippen LogP contribution in [0.1, 0.15) is 11.3 Å². The van der Waals surface area contributed by atoms with Crippen molar-refractivity contribution < 1.29 is 4.79 Å². The predicted molar refractivity (Wildman–Crippen MR) is 83.6 cm³/mol. The molecule has 0 atom stereocenters. The van der Waals surface area contributed by atoms with E-state index >= 15 is 0 Å². The van der Waals surface area contributed by atoms with Gasteiger partial charge in [-0.25, -0.2) is 0 Å². The summed E-state index contributed by atoms with van der Waals surface area (Å²) in [5, 5.41) is 0. The maximum atomic E-state index is 11.8. The summed E-state index contributed by atoms with van der Waals surface area (Å²) < 4.78 is 2.92. The number of nitrogens with one attached hydrogen (secondary N) is 2. The minimum Gasteiger partial charge on any atom is -0.354 e. The van der Waals surface area contributed by atoms with Gasteiger partial charge in [0.25, 0.3) is 0 Å². The molecule has 1 aromatic carbocycles. The molecule has 5 heteroatoms. The zero-order valence-corrected chi connectivity index (χ0v) is 12.8. The summed E-state index contributed by atoms with van der Waals surface area (Å²) in [4.78, 5) is 11.8. The number of nitrogens with zero attached hydrogens (tertiary/aromatic N) is 1. The lowest BCUT2D eigenvalue weighted by atomic mass is 10.2. The molecule has 2 rings (SSSR count). The summed E-state index contributed by atoms with van der Waals surface area (Å²) in [5.74, 6) is -0.106. The van der Waals surface area contributed by atoms with Gasteiger partial charge < -0.3 is 4.57 Å². The van der Waals surface area contributed by atoms with Crippen LogP contribution in [0.4, 0.5) is 0 Å². The first-order valence-electron chi connectivity index (χ1n) is 6.16. The number of carbonyl (C=O) groups is 1. The van der Waals surface area contributed by atoms with Gasteiger partial charge in [0.15, 0.2) is 0 Å². The van der Waals surface area contributed by atoms with Gasteiger partial charge in [-0.2, -0.15) is 0 Å². The molecule has 0 saturated heterocycles. The fourth-order valence-electron chi connectivity index (χ4n) is 1.76. The largest absolute Gasteiger partial charge is 0.354 e. The summed E-state index contributed by atoms with van der Waals surface area (Å²) in [5.41, 5.74) is 8.01. The Balaban J connectivity index is 1.85. The van der Waals surface area contributed by atoms with E-state index in [1.54, 1.807) is 0 Å². The first-order chi connectivity index (χ1) is 9.56. The normalized spacial score (nSPS) is 10.1. The molecule has 4 nitrogen and oxygen atoms in total. The van der Waals surface area contributed by atoms with E-state index in [2.05, 4.69) is 33.4 Å². The van der Waals surface area contributed by atoms with Crippen molar-refractivity contribution in [2.24, 2.45) is 7.05 Å². The van der Waals surface area contributed by atoms with Gasteiger partial charge in [-0.05, 0) is 29.8 Å². The third-order valence-corrected chi connectivity index (χ3v) is 3.47. The standard InChI is InChI=1S/C15H16BrN3O/c1-11(12-5-7-13(16)8-6-12)17-18-15(20)10-14-4-3-9-19(14)2/h3-9,17H,1,10H2,2H3,(H,18,20). The van der Waals surface area contributed by atoms with Crippen molar-refractivity contribution in [2.75, 3.05) is 0 Å². The number of hydrogen-bond acceptors (Lipinski definition) is 2. The van der Waals surface area contributed by atoms with Crippen molar-refractivity contribution in [3.05, 3.63) is 64.9 Å². The number of benzene rings is 1. The monoisotopic (exact) mass is 333 g/mol. The van der Waals surface area contributed by atoms with Crippen molar-refractivity contribution in [1.82, 2.24) is 15.4 Å². The third-order valence-electron chi connectivity index (χ3n) is 2.94. The van der Waals surface area contributed by atoms with Crippen molar-refractivity contribution in [3.63, 3.8) is 0 Å². The Labute approximate surface area is 126 Å². The van der Waals surface area contributed by atoms with Crippen LogP contribution >= 0.6 is 15.9 Å². The molecule has 20 heavy (non-hydrogen) atoms. The van der Waals surface area contributed by atoms with Gasteiger partial charge in [-0.1, -0.05) is 34.6 Å². The SMILES string of the molecule is C=C(NNC(=O)Cc1cccn1C)c1ccc(Br)cc1. The van der Waals surface area contributed by atoms with Gasteiger partial charge >= 0.3 is 0 Å². The van der Waals surface area contributed by atoms with Crippen LogP contribution in [0.5, 0.6) is 0 Å². The van der Waals surface area contributed by atoms with E-state index in [4.69, 9.17) is 0 Å². The molecule has 1 heterocycles. The average molecular weight is 334 g/mol. The fraction of sp³-hybridized carbons (Fsp3) is 0.133. The van der Waals surface area contributed by atoms with Crippen molar-refractivity contribution >= 4 is 27.5 Å². The lowest BCUT2D eigenvalue weighted by molar-refractivity contribution is -0.121. The van der Waals surface area contributed by atoms with E-state index in [0.29, 0.717) is 12.1 Å². The number of amides is 1. The van der Waals surface area contributed by atoms with E-state index in [1.165, 1.54) is 0 Å². The molecule has 0 bridgehead atoms. The van der Waals surface area contributed by atoms with Gasteiger partial charge in [-0.15, -0.1) is 0 Å². The molecule has 2 N–H and O–H groups in total. The topological polar surface area (TPSA) is 46.1 Å². The van der Waals surface area contributed by atoms with Crippen LogP contribution in [-0.4, -0.2) is 10.5 Å². The molecule has 0 radical (unpaired) electrons. The minimum atomic E-state index is -0.106. The Morgan fingerprint density at radius 2 is 1.95 bits per heavy atom. The highest BCUT2D eigenvalue weighted by atomic mass is 79.9. The molecular formula is C15H16BrN3O. The Morgan fingerprint density at radius 1 is 1.25 bits per heavy atom. The number of hydrazine groups is 1. The Kier molecular flexibility index (Phi) is 4.63. The van der Waals surface area contributed by atoms with Crippen molar-refractivity contribution in [2.45, 2.75) is 6.42 Å². The molecule has 0 saturated carbocycles. The summed E-state index contributed by atoms with van der Waals surface area (Å²) in [6.45, 7) is 3.89. The fourth-order valence-corrected chi connectivity index (χ4v) is 2.02. The highest BCUT2D eigenvalue weighted by Gasteiger charge is 2.06. The van der Waals surface area contributed by atoms with E-state index in [9.17, 15) is 4.79 Å². The first-order valence-corrected chi connectivity index (χ1v) is 6.95. The molecule has 1 amide bonds. The van der Waals surface area contributed by atoms with Crippen LogP contribution < -0.4 is 10.9 Å². The highest BCUT2D eigenvalue weighted by Crippen LogP contribution is 2.14. The van der Waals surface area contributed by atoms with Crippen LogP contribution in [0.2, 0.25) is 0 Å². The van der Waals surface area contributed by atoms with E-state index < -0.39 is 0 Å². The summed E-state index contributed by atoms with van der Waals surface area (Å²) in [6, 6.07) is 11.5. The minimum absolute atomic E-state index is 0.106. The predicted octanol–water partition coefficient (Wildman–Crippen LogP) is 2.62. The molecule has 0 unspecified atom stereocenters. The van der Waals surface area contributed by atoms with Crippen LogP contribution in [0.25, 0.3) is 5.70 Å². The van der Waals surface area contributed by atoms with Crippen LogP contribution in [0, 0.1) is 0 Å².